The third-order valence-electron chi connectivity index (χ3n) is 13.1. The Hall–Kier alpha value is -0.690. The Morgan fingerprint density at radius 3 is 0.814 bits per heavy atom. The highest BCUT2D eigenvalue weighted by Crippen LogP contribution is 2.18. The van der Waals surface area contributed by atoms with E-state index in [1.54, 1.807) is 0 Å². The van der Waals surface area contributed by atoms with Gasteiger partial charge in [-0.3, -0.25) is 4.79 Å². The standard InChI is InChI=1S/C53H107NO5/c1-3-5-7-9-11-13-15-17-18-19-20-21-22-23-24-25-26-27-28-29-30-31-32-33-35-37-39-41-43-45-47-51(57)53(59)54-49(48-55)52(58)50(56)46-44-42-40-38-36-34-16-14-12-10-8-6-4-2/h49-52,55-58H,3-48H2,1-2H3,(H,54,59). The van der Waals surface area contributed by atoms with E-state index in [-0.39, 0.29) is 0 Å². The molecule has 0 heterocycles. The van der Waals surface area contributed by atoms with Crippen LogP contribution in [0.1, 0.15) is 303 Å². The molecule has 0 aliphatic heterocycles. The van der Waals surface area contributed by atoms with Crippen molar-refractivity contribution in [2.45, 2.75) is 327 Å². The van der Waals surface area contributed by atoms with Gasteiger partial charge in [-0.25, -0.2) is 0 Å². The maximum atomic E-state index is 12.6. The largest absolute Gasteiger partial charge is 0.394 e. The number of nitrogens with one attached hydrogen (secondary N) is 1. The van der Waals surface area contributed by atoms with Gasteiger partial charge in [-0.05, 0) is 12.8 Å². The molecule has 0 spiro atoms. The second-order valence-electron chi connectivity index (χ2n) is 18.9. The summed E-state index contributed by atoms with van der Waals surface area (Å²) in [5, 5.41) is 43.8. The number of hydrogen-bond acceptors (Lipinski definition) is 5. The molecule has 0 radical (unpaired) electrons. The van der Waals surface area contributed by atoms with Crippen LogP contribution in [0.3, 0.4) is 0 Å². The number of amides is 1. The first kappa shape index (κ1) is 58.3. The number of aliphatic hydroxyl groups excluding tert-OH is 4. The van der Waals surface area contributed by atoms with Crippen LogP contribution >= 0.6 is 0 Å². The summed E-state index contributed by atoms with van der Waals surface area (Å²) < 4.78 is 0. The Bertz CT molecular complexity index is 811. The highest BCUT2D eigenvalue weighted by atomic mass is 16.3. The fourth-order valence-electron chi connectivity index (χ4n) is 8.82. The van der Waals surface area contributed by atoms with Gasteiger partial charge < -0.3 is 25.7 Å². The molecule has 0 saturated carbocycles. The molecule has 4 atom stereocenters. The molecule has 0 bridgehead atoms. The van der Waals surface area contributed by atoms with Gasteiger partial charge in [0.2, 0.25) is 5.91 Å². The molecule has 59 heavy (non-hydrogen) atoms. The zero-order valence-corrected chi connectivity index (χ0v) is 40.0. The van der Waals surface area contributed by atoms with Gasteiger partial charge >= 0.3 is 0 Å². The lowest BCUT2D eigenvalue weighted by atomic mass is 9.99. The van der Waals surface area contributed by atoms with Crippen LogP contribution in [0.25, 0.3) is 0 Å². The van der Waals surface area contributed by atoms with Gasteiger partial charge in [0.25, 0.3) is 0 Å². The van der Waals surface area contributed by atoms with E-state index in [9.17, 15) is 25.2 Å². The number of hydrogen-bond donors (Lipinski definition) is 5. The summed E-state index contributed by atoms with van der Waals surface area (Å²) in [6, 6.07) is -0.979. The lowest BCUT2D eigenvalue weighted by molar-refractivity contribution is -0.132. The lowest BCUT2D eigenvalue weighted by Crippen LogP contribution is -2.53. The Labute approximate surface area is 369 Å². The number of rotatable bonds is 50. The van der Waals surface area contributed by atoms with E-state index in [4.69, 9.17) is 0 Å². The van der Waals surface area contributed by atoms with E-state index in [0.29, 0.717) is 12.8 Å². The normalized spacial score (nSPS) is 13.8. The van der Waals surface area contributed by atoms with Gasteiger partial charge in [-0.15, -0.1) is 0 Å². The summed E-state index contributed by atoms with van der Waals surface area (Å²) in [5.41, 5.74) is 0. The summed E-state index contributed by atoms with van der Waals surface area (Å²) in [6.45, 7) is 4.08. The Morgan fingerprint density at radius 2 is 0.576 bits per heavy atom. The number of aliphatic hydroxyl groups is 4. The van der Waals surface area contributed by atoms with E-state index in [0.717, 1.165) is 38.5 Å². The molecule has 0 aromatic heterocycles. The molecule has 6 heteroatoms. The zero-order valence-electron chi connectivity index (χ0n) is 40.0. The molecule has 354 valence electrons. The van der Waals surface area contributed by atoms with Crippen LogP contribution in [-0.2, 0) is 4.79 Å². The second-order valence-corrected chi connectivity index (χ2v) is 18.9. The minimum atomic E-state index is -1.25. The van der Waals surface area contributed by atoms with Crippen molar-refractivity contribution >= 4 is 5.91 Å². The van der Waals surface area contributed by atoms with E-state index in [2.05, 4.69) is 19.2 Å². The third-order valence-corrected chi connectivity index (χ3v) is 13.1. The molecular formula is C53H107NO5. The maximum Gasteiger partial charge on any atom is 0.249 e. The highest BCUT2D eigenvalue weighted by Gasteiger charge is 2.28. The van der Waals surface area contributed by atoms with E-state index >= 15 is 0 Å². The van der Waals surface area contributed by atoms with Gasteiger partial charge in [0.15, 0.2) is 0 Å². The van der Waals surface area contributed by atoms with Crippen molar-refractivity contribution in [3.8, 4) is 0 Å². The molecular weight excluding hydrogens is 731 g/mol. The van der Waals surface area contributed by atoms with Crippen molar-refractivity contribution < 1.29 is 25.2 Å². The van der Waals surface area contributed by atoms with Crippen LogP contribution < -0.4 is 5.32 Å². The summed E-state index contributed by atoms with van der Waals surface area (Å²) >= 11 is 0. The Balaban J connectivity index is 3.53. The minimum absolute atomic E-state index is 0.376. The van der Waals surface area contributed by atoms with E-state index in [1.165, 1.54) is 238 Å². The van der Waals surface area contributed by atoms with Crippen molar-refractivity contribution in [1.29, 1.82) is 0 Å². The Morgan fingerprint density at radius 1 is 0.356 bits per heavy atom. The highest BCUT2D eigenvalue weighted by molar-refractivity contribution is 5.80. The van der Waals surface area contributed by atoms with E-state index in [1.807, 2.05) is 0 Å². The SMILES string of the molecule is CCCCCCCCCCCCCCCCCCCCCCCCCCCCCCCCC(O)C(=O)NC(CO)C(O)C(O)CCCCCCCCCCCCCCC. The molecule has 6 nitrogen and oxygen atoms in total. The fraction of sp³-hybridized carbons (Fsp3) is 0.981. The number of unbranched alkanes of at least 4 members (excludes halogenated alkanes) is 41. The molecule has 0 rings (SSSR count). The van der Waals surface area contributed by atoms with Gasteiger partial charge in [0.1, 0.15) is 12.2 Å². The monoisotopic (exact) mass is 838 g/mol. The third kappa shape index (κ3) is 42.4. The van der Waals surface area contributed by atoms with E-state index < -0.39 is 36.9 Å². The topological polar surface area (TPSA) is 110 Å². The number of carbonyl (C=O) groups is 1. The smallest absolute Gasteiger partial charge is 0.249 e. The van der Waals surface area contributed by atoms with Gasteiger partial charge in [0, 0.05) is 0 Å². The van der Waals surface area contributed by atoms with Crippen molar-refractivity contribution in [2.75, 3.05) is 6.61 Å². The molecule has 0 aromatic rings. The van der Waals surface area contributed by atoms with Crippen molar-refractivity contribution in [1.82, 2.24) is 5.32 Å². The number of carbonyl (C=O) groups excluding carboxylic acids is 1. The molecule has 0 aliphatic carbocycles. The van der Waals surface area contributed by atoms with Gasteiger partial charge in [-0.2, -0.15) is 0 Å². The summed E-state index contributed by atoms with van der Waals surface area (Å²) in [7, 11) is 0. The molecule has 0 fully saturated rings. The average Bonchev–Trinajstić information content (AvgIpc) is 3.24. The molecule has 0 aromatic carbocycles. The van der Waals surface area contributed by atoms with Gasteiger partial charge in [0.05, 0.1) is 18.8 Å². The minimum Gasteiger partial charge on any atom is -0.394 e. The summed E-state index contributed by atoms with van der Waals surface area (Å²) in [6.07, 6.45) is 54.6. The van der Waals surface area contributed by atoms with Crippen LogP contribution in [0.2, 0.25) is 0 Å². The van der Waals surface area contributed by atoms with Crippen molar-refractivity contribution in [3.05, 3.63) is 0 Å². The molecule has 5 N–H and O–H groups in total. The first-order valence-corrected chi connectivity index (χ1v) is 26.9. The molecule has 0 aliphatic rings. The van der Waals surface area contributed by atoms with Gasteiger partial charge in [-0.1, -0.05) is 290 Å². The Kier molecular flexibility index (Phi) is 47.8. The quantitative estimate of drug-likeness (QED) is 0.0392. The first-order valence-electron chi connectivity index (χ1n) is 26.9. The zero-order chi connectivity index (χ0) is 43.1. The second kappa shape index (κ2) is 48.3. The van der Waals surface area contributed by atoms with Crippen LogP contribution in [0.5, 0.6) is 0 Å². The average molecular weight is 838 g/mol. The molecule has 1 amide bonds. The van der Waals surface area contributed by atoms with Crippen LogP contribution in [0, 0.1) is 0 Å². The maximum absolute atomic E-state index is 12.6. The fourth-order valence-corrected chi connectivity index (χ4v) is 8.82. The predicted octanol–water partition coefficient (Wildman–Crippen LogP) is 15.1. The van der Waals surface area contributed by atoms with Crippen LogP contribution in [-0.4, -0.2) is 57.3 Å². The molecule has 0 saturated heterocycles. The van der Waals surface area contributed by atoms with Crippen molar-refractivity contribution in [2.24, 2.45) is 0 Å². The van der Waals surface area contributed by atoms with Crippen molar-refractivity contribution in [3.63, 3.8) is 0 Å². The predicted molar refractivity (Wildman–Crippen MR) is 256 cm³/mol. The first-order chi connectivity index (χ1) is 29.0. The summed E-state index contributed by atoms with van der Waals surface area (Å²) in [5.74, 6) is -0.577. The summed E-state index contributed by atoms with van der Waals surface area (Å²) in [4.78, 5) is 12.6. The van der Waals surface area contributed by atoms with Crippen LogP contribution in [0.15, 0.2) is 0 Å². The van der Waals surface area contributed by atoms with Crippen LogP contribution in [0.4, 0.5) is 0 Å². The lowest BCUT2D eigenvalue weighted by Gasteiger charge is -2.27. The molecule has 4 unspecified atom stereocenters.